The van der Waals surface area contributed by atoms with Crippen LogP contribution in [0.5, 0.6) is 11.5 Å². The zero-order chi connectivity index (χ0) is 38.9. The van der Waals surface area contributed by atoms with Crippen LogP contribution in [0.15, 0.2) is 132 Å². The Labute approximate surface area is 328 Å². The number of aliphatic hydroxyl groups is 1. The molecule has 4 atom stereocenters. The van der Waals surface area contributed by atoms with E-state index in [4.69, 9.17) is 28.4 Å². The minimum Gasteiger partial charge on any atom is -0.497 e. The number of rotatable bonds is 19. The Balaban J connectivity index is 0.000000212. The lowest BCUT2D eigenvalue weighted by Gasteiger charge is -2.30. The second-order valence-corrected chi connectivity index (χ2v) is 18.8. The molecule has 0 heterocycles. The van der Waals surface area contributed by atoms with Crippen molar-refractivity contribution in [1.82, 2.24) is 0 Å². The third-order valence-corrected chi connectivity index (χ3v) is 12.7. The molecular formula is C46H58O8Si. The maximum absolute atomic E-state index is 10.8. The van der Waals surface area contributed by atoms with Crippen LogP contribution in [0.4, 0.5) is 0 Å². The van der Waals surface area contributed by atoms with Crippen molar-refractivity contribution in [2.24, 2.45) is 11.8 Å². The van der Waals surface area contributed by atoms with Crippen molar-refractivity contribution in [3.05, 3.63) is 155 Å². The third kappa shape index (κ3) is 13.6. The van der Waals surface area contributed by atoms with Crippen LogP contribution in [0, 0.1) is 11.8 Å². The van der Waals surface area contributed by atoms with Gasteiger partial charge in [0.1, 0.15) is 11.5 Å². The number of hydrogen-bond donors (Lipinski definition) is 2. The molecule has 0 saturated heterocycles. The van der Waals surface area contributed by atoms with Crippen molar-refractivity contribution >= 4 is 8.32 Å². The molecule has 0 amide bonds. The Morgan fingerprint density at radius 2 is 0.909 bits per heavy atom. The fourth-order valence-electron chi connectivity index (χ4n) is 7.01. The van der Waals surface area contributed by atoms with Gasteiger partial charge >= 0.3 is 0 Å². The van der Waals surface area contributed by atoms with Crippen LogP contribution < -0.4 is 9.47 Å². The van der Waals surface area contributed by atoms with E-state index in [0.29, 0.717) is 59.3 Å². The van der Waals surface area contributed by atoms with Gasteiger partial charge in [-0.25, -0.2) is 0 Å². The quantitative estimate of drug-likeness (QED) is 0.0724. The lowest BCUT2D eigenvalue weighted by atomic mass is 10.0. The lowest BCUT2D eigenvalue weighted by Crippen LogP contribution is -2.37. The summed E-state index contributed by atoms with van der Waals surface area (Å²) in [6, 6.07) is 36.1. The molecule has 9 heteroatoms. The van der Waals surface area contributed by atoms with Gasteiger partial charge in [-0.1, -0.05) is 97.1 Å². The van der Waals surface area contributed by atoms with E-state index >= 15 is 0 Å². The molecule has 0 bridgehead atoms. The summed E-state index contributed by atoms with van der Waals surface area (Å²) in [5, 5.41) is 10.2. The first-order valence-electron chi connectivity index (χ1n) is 19.2. The van der Waals surface area contributed by atoms with Crippen molar-refractivity contribution in [2.75, 3.05) is 40.6 Å². The maximum Gasteiger partial charge on any atom is 0.186 e. The van der Waals surface area contributed by atoms with Crippen molar-refractivity contribution in [1.29, 1.82) is 0 Å². The molecule has 6 rings (SSSR count). The molecule has 55 heavy (non-hydrogen) atoms. The Morgan fingerprint density at radius 3 is 1.36 bits per heavy atom. The van der Waals surface area contributed by atoms with Gasteiger partial charge in [0.25, 0.3) is 0 Å². The summed E-state index contributed by atoms with van der Waals surface area (Å²) in [6.07, 6.45) is 5.53. The van der Waals surface area contributed by atoms with Crippen LogP contribution in [0.25, 0.3) is 0 Å². The van der Waals surface area contributed by atoms with Crippen molar-refractivity contribution < 1.29 is 38.3 Å². The van der Waals surface area contributed by atoms with Gasteiger partial charge in [0.2, 0.25) is 0 Å². The van der Waals surface area contributed by atoms with Crippen LogP contribution in [-0.2, 0) is 45.4 Å². The molecule has 0 aliphatic heterocycles. The number of aliphatic hydroxyl groups excluding tert-OH is 1. The fourth-order valence-corrected chi connectivity index (χ4v) is 9.00. The SMILES string of the molecule is COc1ccc(COCC2=CCC([Si](C)(C)O)[C@H]2COCc2ccccc2)cc1.COc1ccc(COCC2=CC[C@H](O)[C@H]2COCc2ccccc2)cc1. The van der Waals surface area contributed by atoms with Crippen LogP contribution in [0.1, 0.15) is 35.1 Å². The van der Waals surface area contributed by atoms with E-state index in [2.05, 4.69) is 24.3 Å². The van der Waals surface area contributed by atoms with Gasteiger partial charge < -0.3 is 38.3 Å². The van der Waals surface area contributed by atoms with Crippen LogP contribution in [-0.4, -0.2) is 65.0 Å². The molecule has 0 spiro atoms. The summed E-state index contributed by atoms with van der Waals surface area (Å²) < 4.78 is 34.1. The summed E-state index contributed by atoms with van der Waals surface area (Å²) in [7, 11) is 1.05. The molecule has 2 aliphatic carbocycles. The van der Waals surface area contributed by atoms with Gasteiger partial charge in [0.05, 0.1) is 73.2 Å². The number of benzene rings is 4. The molecule has 4 aromatic carbocycles. The second-order valence-electron chi connectivity index (χ2n) is 14.8. The Kier molecular flexibility index (Phi) is 16.7. The third-order valence-electron chi connectivity index (χ3n) is 10.3. The molecule has 1 unspecified atom stereocenters. The monoisotopic (exact) mass is 766 g/mol. The smallest absolute Gasteiger partial charge is 0.186 e. The zero-order valence-corrected chi connectivity index (χ0v) is 33.8. The van der Waals surface area contributed by atoms with Crippen molar-refractivity contribution in [2.45, 2.75) is 64.0 Å². The summed E-state index contributed by atoms with van der Waals surface area (Å²) >= 11 is 0. The molecule has 8 nitrogen and oxygen atoms in total. The van der Waals surface area contributed by atoms with Gasteiger partial charge in [0, 0.05) is 11.8 Å². The van der Waals surface area contributed by atoms with E-state index in [-0.39, 0.29) is 23.5 Å². The highest BCUT2D eigenvalue weighted by Crippen LogP contribution is 2.42. The summed E-state index contributed by atoms with van der Waals surface area (Å²) in [5.74, 6) is 1.92. The van der Waals surface area contributed by atoms with Crippen molar-refractivity contribution in [3.8, 4) is 11.5 Å². The van der Waals surface area contributed by atoms with E-state index < -0.39 is 8.32 Å². The topological polar surface area (TPSA) is 95.8 Å². The minimum atomic E-state index is -2.27. The Hall–Kier alpha value is -4.06. The van der Waals surface area contributed by atoms with E-state index in [0.717, 1.165) is 40.2 Å². The van der Waals surface area contributed by atoms with Gasteiger partial charge in [0.15, 0.2) is 8.32 Å². The molecule has 0 aromatic heterocycles. The minimum absolute atomic E-state index is 0.00887. The highest BCUT2D eigenvalue weighted by molar-refractivity contribution is 6.71. The maximum atomic E-state index is 10.8. The van der Waals surface area contributed by atoms with E-state index in [1.165, 1.54) is 11.1 Å². The van der Waals surface area contributed by atoms with Crippen molar-refractivity contribution in [3.63, 3.8) is 0 Å². The number of allylic oxidation sites excluding steroid dienone is 1. The van der Waals surface area contributed by atoms with E-state index in [1.54, 1.807) is 14.2 Å². The first kappa shape index (κ1) is 42.1. The molecule has 4 aromatic rings. The van der Waals surface area contributed by atoms with Crippen LogP contribution in [0.2, 0.25) is 18.6 Å². The Bertz CT molecular complexity index is 1740. The molecule has 0 radical (unpaired) electrons. The Morgan fingerprint density at radius 1 is 0.509 bits per heavy atom. The highest BCUT2D eigenvalue weighted by atomic mass is 28.4. The van der Waals surface area contributed by atoms with Crippen LogP contribution >= 0.6 is 0 Å². The van der Waals surface area contributed by atoms with E-state index in [9.17, 15) is 9.90 Å². The number of hydrogen-bond acceptors (Lipinski definition) is 8. The predicted octanol–water partition coefficient (Wildman–Crippen LogP) is 8.68. The molecule has 2 N–H and O–H groups in total. The van der Waals surface area contributed by atoms with Gasteiger partial charge in [-0.05, 0) is 89.1 Å². The standard InChI is InChI=1S/C24H32O4Si.C22H26O4/c1-26-22-12-9-20(10-13-22)16-27-17-21-11-14-24(29(2,3)25)23(21)18-28-15-19-7-5-4-6-8-19;1-24-20-10-7-18(8-11-20)14-25-15-19-9-12-22(23)21(19)16-26-13-17-5-3-2-4-6-17/h4-13,23-25H,14-18H2,1-3H3;2-11,21-23H,12-16H2,1H3/t23-,24?;21-,22-/m00/s1. The first-order valence-corrected chi connectivity index (χ1v) is 22.2. The van der Waals surface area contributed by atoms with Gasteiger partial charge in [-0.3, -0.25) is 0 Å². The molecule has 0 fully saturated rings. The largest absolute Gasteiger partial charge is 0.497 e. The van der Waals surface area contributed by atoms with Crippen LogP contribution in [0.3, 0.4) is 0 Å². The fraction of sp³-hybridized carbons (Fsp3) is 0.391. The number of methoxy groups -OCH3 is 2. The predicted molar refractivity (Wildman–Crippen MR) is 219 cm³/mol. The molecule has 2 aliphatic rings. The summed E-state index contributed by atoms with van der Waals surface area (Å²) in [4.78, 5) is 10.8. The molecule has 0 saturated carbocycles. The zero-order valence-electron chi connectivity index (χ0n) is 32.8. The molecular weight excluding hydrogens is 709 g/mol. The van der Waals surface area contributed by atoms with Gasteiger partial charge in [-0.15, -0.1) is 0 Å². The van der Waals surface area contributed by atoms with Gasteiger partial charge in [-0.2, -0.15) is 0 Å². The number of ether oxygens (including phenoxy) is 6. The second kappa shape index (κ2) is 21.9. The lowest BCUT2D eigenvalue weighted by molar-refractivity contribution is 0.0362. The summed E-state index contributed by atoms with van der Waals surface area (Å²) in [6.45, 7) is 8.52. The average molecular weight is 767 g/mol. The molecule has 294 valence electrons. The normalized spacial score (nSPS) is 19.3. The first-order chi connectivity index (χ1) is 26.7. The van der Waals surface area contributed by atoms with E-state index in [1.807, 2.05) is 110 Å². The average Bonchev–Trinajstić information content (AvgIpc) is 3.78. The summed E-state index contributed by atoms with van der Waals surface area (Å²) in [5.41, 5.74) is 7.18. The highest BCUT2D eigenvalue weighted by Gasteiger charge is 2.41.